The maximum absolute atomic E-state index is 12.5. The Kier molecular flexibility index (Phi) is 3.92. The van der Waals surface area contributed by atoms with Gasteiger partial charge in [0.2, 0.25) is 0 Å². The Balaban J connectivity index is 1.40. The molecule has 0 radical (unpaired) electrons. The van der Waals surface area contributed by atoms with Crippen molar-refractivity contribution in [1.82, 2.24) is 0 Å². The molecular formula is C23H22O4. The lowest BCUT2D eigenvalue weighted by Crippen LogP contribution is -2.23. The minimum Gasteiger partial charge on any atom is -0.497 e. The molecule has 0 saturated heterocycles. The maximum Gasteiger partial charge on any atom is 0.193 e. The van der Waals surface area contributed by atoms with E-state index in [1.807, 2.05) is 24.3 Å². The zero-order valence-electron chi connectivity index (χ0n) is 15.3. The van der Waals surface area contributed by atoms with Crippen molar-refractivity contribution in [3.05, 3.63) is 58.8 Å². The van der Waals surface area contributed by atoms with Gasteiger partial charge in [-0.2, -0.15) is 0 Å². The number of fused-ring (bicyclic) bond motifs is 3. The molecule has 2 aliphatic carbocycles. The monoisotopic (exact) mass is 362 g/mol. The van der Waals surface area contributed by atoms with Crippen LogP contribution in [0, 0.1) is 11.8 Å². The predicted octanol–water partition coefficient (Wildman–Crippen LogP) is 5.04. The molecule has 0 amide bonds. The summed E-state index contributed by atoms with van der Waals surface area (Å²) in [6.45, 7) is 0. The summed E-state index contributed by atoms with van der Waals surface area (Å²) in [6, 6.07) is 14.7. The second-order valence-corrected chi connectivity index (χ2v) is 7.69. The van der Waals surface area contributed by atoms with Gasteiger partial charge in [0, 0.05) is 11.6 Å². The SMILES string of the molecule is COc1ccc2oc(-c3ccc(OC4C[C@@H]5CC[C@H]4C5)cc3)cc(=O)c2c1. The highest BCUT2D eigenvalue weighted by molar-refractivity contribution is 5.80. The molecule has 4 heteroatoms. The Morgan fingerprint density at radius 1 is 0.963 bits per heavy atom. The van der Waals surface area contributed by atoms with Gasteiger partial charge in [0.25, 0.3) is 0 Å². The van der Waals surface area contributed by atoms with Crippen molar-refractivity contribution < 1.29 is 13.9 Å². The van der Waals surface area contributed by atoms with Crippen LogP contribution >= 0.6 is 0 Å². The molecule has 2 aliphatic rings. The highest BCUT2D eigenvalue weighted by Gasteiger charge is 2.40. The Bertz CT molecular complexity index is 1030. The molecule has 2 aromatic carbocycles. The van der Waals surface area contributed by atoms with Crippen molar-refractivity contribution in [2.45, 2.75) is 31.8 Å². The van der Waals surface area contributed by atoms with Gasteiger partial charge in [-0.3, -0.25) is 4.79 Å². The molecule has 0 spiro atoms. The van der Waals surface area contributed by atoms with Crippen molar-refractivity contribution in [2.75, 3.05) is 7.11 Å². The van der Waals surface area contributed by atoms with E-state index in [2.05, 4.69) is 0 Å². The number of hydrogen-bond donors (Lipinski definition) is 0. The largest absolute Gasteiger partial charge is 0.497 e. The number of rotatable bonds is 4. The van der Waals surface area contributed by atoms with E-state index in [0.717, 1.165) is 23.1 Å². The second kappa shape index (κ2) is 6.45. The van der Waals surface area contributed by atoms with E-state index < -0.39 is 0 Å². The fourth-order valence-corrected chi connectivity index (χ4v) is 4.61. The number of ether oxygens (including phenoxy) is 2. The first kappa shape index (κ1) is 16.4. The molecule has 2 bridgehead atoms. The molecule has 5 rings (SSSR count). The number of benzene rings is 2. The molecule has 4 nitrogen and oxygen atoms in total. The smallest absolute Gasteiger partial charge is 0.193 e. The van der Waals surface area contributed by atoms with Gasteiger partial charge in [-0.25, -0.2) is 0 Å². The summed E-state index contributed by atoms with van der Waals surface area (Å²) >= 11 is 0. The topological polar surface area (TPSA) is 48.7 Å². The first-order valence-electron chi connectivity index (χ1n) is 9.58. The highest BCUT2D eigenvalue weighted by atomic mass is 16.5. The fraction of sp³-hybridized carbons (Fsp3) is 0.348. The van der Waals surface area contributed by atoms with Crippen LogP contribution in [0.4, 0.5) is 0 Å². The van der Waals surface area contributed by atoms with Crippen molar-refractivity contribution >= 4 is 11.0 Å². The number of hydrogen-bond acceptors (Lipinski definition) is 4. The fourth-order valence-electron chi connectivity index (χ4n) is 4.61. The van der Waals surface area contributed by atoms with E-state index in [1.54, 1.807) is 25.3 Å². The lowest BCUT2D eigenvalue weighted by atomic mass is 9.98. The van der Waals surface area contributed by atoms with Gasteiger partial charge in [0.05, 0.1) is 12.5 Å². The summed E-state index contributed by atoms with van der Waals surface area (Å²) in [5.74, 6) is 3.69. The van der Waals surface area contributed by atoms with Crippen molar-refractivity contribution in [2.24, 2.45) is 11.8 Å². The third-order valence-electron chi connectivity index (χ3n) is 6.03. The lowest BCUT2D eigenvalue weighted by molar-refractivity contribution is 0.138. The van der Waals surface area contributed by atoms with Crippen molar-refractivity contribution in [3.63, 3.8) is 0 Å². The molecule has 27 heavy (non-hydrogen) atoms. The van der Waals surface area contributed by atoms with Crippen LogP contribution < -0.4 is 14.9 Å². The summed E-state index contributed by atoms with van der Waals surface area (Å²) in [5.41, 5.74) is 1.35. The van der Waals surface area contributed by atoms with Gasteiger partial charge in [0.1, 0.15) is 28.9 Å². The third kappa shape index (κ3) is 2.99. The van der Waals surface area contributed by atoms with Gasteiger partial charge < -0.3 is 13.9 Å². The van der Waals surface area contributed by atoms with E-state index in [0.29, 0.717) is 28.6 Å². The molecule has 1 aromatic heterocycles. The van der Waals surface area contributed by atoms with E-state index in [9.17, 15) is 4.79 Å². The Hall–Kier alpha value is -2.75. The van der Waals surface area contributed by atoms with Gasteiger partial charge in [-0.1, -0.05) is 0 Å². The normalized spacial score (nSPS) is 23.7. The summed E-state index contributed by atoms with van der Waals surface area (Å²) in [5, 5.41) is 0.523. The lowest BCUT2D eigenvalue weighted by Gasteiger charge is -2.23. The van der Waals surface area contributed by atoms with Crippen molar-refractivity contribution in [3.8, 4) is 22.8 Å². The Morgan fingerprint density at radius 2 is 1.78 bits per heavy atom. The molecule has 2 saturated carbocycles. The molecule has 2 fully saturated rings. The van der Waals surface area contributed by atoms with Crippen LogP contribution in [0.5, 0.6) is 11.5 Å². The summed E-state index contributed by atoms with van der Waals surface area (Å²) in [4.78, 5) is 12.5. The summed E-state index contributed by atoms with van der Waals surface area (Å²) < 4.78 is 17.3. The van der Waals surface area contributed by atoms with Gasteiger partial charge >= 0.3 is 0 Å². The summed E-state index contributed by atoms with van der Waals surface area (Å²) in [7, 11) is 1.58. The molecule has 1 unspecified atom stereocenters. The minimum atomic E-state index is -0.0764. The van der Waals surface area contributed by atoms with Crippen LogP contribution in [0.1, 0.15) is 25.7 Å². The average Bonchev–Trinajstić information content (AvgIpc) is 3.31. The third-order valence-corrected chi connectivity index (χ3v) is 6.03. The standard InChI is InChI=1S/C23H22O4/c1-25-18-8-9-21-19(12-18)20(24)13-23(27-21)15-4-6-17(7-5-15)26-22-11-14-2-3-16(22)10-14/h4-9,12-14,16,22H,2-3,10-11H2,1H3/t14-,16+,22?/m1/s1. The quantitative estimate of drug-likeness (QED) is 0.653. The average molecular weight is 362 g/mol. The maximum atomic E-state index is 12.5. The van der Waals surface area contributed by atoms with Crippen molar-refractivity contribution in [1.29, 1.82) is 0 Å². The zero-order chi connectivity index (χ0) is 18.4. The molecular weight excluding hydrogens is 340 g/mol. The number of methoxy groups -OCH3 is 1. The van der Waals surface area contributed by atoms with Gasteiger partial charge in [-0.15, -0.1) is 0 Å². The van der Waals surface area contributed by atoms with Crippen LogP contribution in [-0.2, 0) is 0 Å². The van der Waals surface area contributed by atoms with Gasteiger partial charge in [-0.05, 0) is 80.0 Å². The van der Waals surface area contributed by atoms with Crippen LogP contribution in [0.3, 0.4) is 0 Å². The van der Waals surface area contributed by atoms with Crippen LogP contribution in [0.25, 0.3) is 22.3 Å². The van der Waals surface area contributed by atoms with E-state index in [1.165, 1.54) is 31.7 Å². The van der Waals surface area contributed by atoms with Crippen LogP contribution in [0.2, 0.25) is 0 Å². The zero-order valence-corrected chi connectivity index (χ0v) is 15.3. The van der Waals surface area contributed by atoms with E-state index >= 15 is 0 Å². The minimum absolute atomic E-state index is 0.0764. The molecule has 138 valence electrons. The van der Waals surface area contributed by atoms with E-state index in [-0.39, 0.29) is 5.43 Å². The first-order valence-corrected chi connectivity index (χ1v) is 9.58. The van der Waals surface area contributed by atoms with Gasteiger partial charge in [0.15, 0.2) is 5.43 Å². The van der Waals surface area contributed by atoms with Crippen LogP contribution in [-0.4, -0.2) is 13.2 Å². The van der Waals surface area contributed by atoms with E-state index in [4.69, 9.17) is 13.9 Å². The molecule has 0 aliphatic heterocycles. The second-order valence-electron chi connectivity index (χ2n) is 7.69. The predicted molar refractivity (Wildman–Crippen MR) is 104 cm³/mol. The Morgan fingerprint density at radius 3 is 2.48 bits per heavy atom. The first-order chi connectivity index (χ1) is 13.2. The Labute approximate surface area is 157 Å². The summed E-state index contributed by atoms with van der Waals surface area (Å²) in [6.07, 6.45) is 5.56. The molecule has 0 N–H and O–H groups in total. The molecule has 3 aromatic rings. The molecule has 3 atom stereocenters. The van der Waals surface area contributed by atoms with Crippen LogP contribution in [0.15, 0.2) is 57.7 Å². The highest BCUT2D eigenvalue weighted by Crippen LogP contribution is 2.46. The molecule has 1 heterocycles.